The number of hydrogen-bond acceptors (Lipinski definition) is 3. The van der Waals surface area contributed by atoms with E-state index in [4.69, 9.17) is 4.42 Å². The Bertz CT molecular complexity index is 437. The van der Waals surface area contributed by atoms with Crippen LogP contribution >= 0.6 is 15.9 Å². The molecule has 0 bridgehead atoms. The Morgan fingerprint density at radius 3 is 2.44 bits per heavy atom. The molecule has 2 N–H and O–H groups in total. The van der Waals surface area contributed by atoms with E-state index in [9.17, 15) is 14.7 Å². The van der Waals surface area contributed by atoms with Gasteiger partial charge in [-0.3, -0.25) is 9.59 Å². The van der Waals surface area contributed by atoms with Crippen LogP contribution in [0.25, 0.3) is 0 Å². The summed E-state index contributed by atoms with van der Waals surface area (Å²) in [6.07, 6.45) is 2.32. The second-order valence-corrected chi connectivity index (χ2v) is 4.80. The number of aliphatic carboxylic acids is 1. The van der Waals surface area contributed by atoms with Crippen LogP contribution < -0.4 is 5.32 Å². The van der Waals surface area contributed by atoms with Crippen molar-refractivity contribution < 1.29 is 19.1 Å². The average Bonchev–Trinajstić information content (AvgIpc) is 2.77. The highest BCUT2D eigenvalue weighted by atomic mass is 79.9. The number of nitrogens with one attached hydrogen (secondary N) is 1. The van der Waals surface area contributed by atoms with Gasteiger partial charge in [-0.2, -0.15) is 0 Å². The molecule has 0 radical (unpaired) electrons. The van der Waals surface area contributed by atoms with Crippen molar-refractivity contribution in [3.8, 4) is 0 Å². The molecule has 0 saturated heterocycles. The lowest BCUT2D eigenvalue weighted by atomic mass is 9.82. The first kappa shape index (κ1) is 14.8. The van der Waals surface area contributed by atoms with Gasteiger partial charge >= 0.3 is 5.97 Å². The van der Waals surface area contributed by atoms with Crippen molar-refractivity contribution in [2.24, 2.45) is 5.41 Å². The van der Waals surface area contributed by atoms with Crippen LogP contribution in [0, 0.1) is 5.41 Å². The van der Waals surface area contributed by atoms with Gasteiger partial charge in [-0.25, -0.2) is 0 Å². The largest absolute Gasteiger partial charge is 0.481 e. The van der Waals surface area contributed by atoms with E-state index in [-0.39, 0.29) is 12.5 Å². The molecule has 0 saturated carbocycles. The van der Waals surface area contributed by atoms with Crippen molar-refractivity contribution in [3.05, 3.63) is 22.6 Å². The fourth-order valence-corrected chi connectivity index (χ4v) is 2.10. The summed E-state index contributed by atoms with van der Waals surface area (Å²) in [6, 6.07) is 1.53. The van der Waals surface area contributed by atoms with Crippen molar-refractivity contribution in [2.75, 3.05) is 6.54 Å². The molecule has 1 amide bonds. The minimum atomic E-state index is -0.911. The summed E-state index contributed by atoms with van der Waals surface area (Å²) in [5.41, 5.74) is -0.548. The van der Waals surface area contributed by atoms with Crippen LogP contribution in [0.3, 0.4) is 0 Å². The van der Waals surface area contributed by atoms with Gasteiger partial charge in [0.05, 0.1) is 17.2 Å². The predicted octanol–water partition coefficient (Wildman–Crippen LogP) is 2.66. The number of carbonyl (C=O) groups excluding carboxylic acids is 1. The first-order valence-corrected chi connectivity index (χ1v) is 6.50. The van der Waals surface area contributed by atoms with Gasteiger partial charge in [-0.1, -0.05) is 13.8 Å². The lowest BCUT2D eigenvalue weighted by molar-refractivity contribution is -0.149. The minimum absolute atomic E-state index is 0.103. The Morgan fingerprint density at radius 2 is 2.06 bits per heavy atom. The number of carboxylic acids is 1. The van der Waals surface area contributed by atoms with E-state index in [1.807, 2.05) is 0 Å². The molecule has 100 valence electrons. The van der Waals surface area contributed by atoms with Crippen molar-refractivity contribution in [3.63, 3.8) is 0 Å². The highest BCUT2D eigenvalue weighted by Crippen LogP contribution is 2.26. The molecule has 6 heteroatoms. The Hall–Kier alpha value is -1.30. The molecular weight excluding hydrogens is 302 g/mol. The number of halogens is 1. The molecular formula is C12H16BrNO4. The first-order valence-electron chi connectivity index (χ1n) is 5.71. The molecule has 5 nitrogen and oxygen atoms in total. The topological polar surface area (TPSA) is 79.5 Å². The summed E-state index contributed by atoms with van der Waals surface area (Å²) in [7, 11) is 0. The summed E-state index contributed by atoms with van der Waals surface area (Å²) in [4.78, 5) is 23.1. The zero-order valence-electron chi connectivity index (χ0n) is 10.3. The van der Waals surface area contributed by atoms with E-state index in [2.05, 4.69) is 21.2 Å². The van der Waals surface area contributed by atoms with Crippen LogP contribution in [0.4, 0.5) is 0 Å². The number of furan rings is 1. The Balaban J connectivity index is 2.72. The van der Waals surface area contributed by atoms with Crippen LogP contribution in [0.5, 0.6) is 0 Å². The standard InChI is InChI=1S/C12H16BrNO4/c1-3-12(4-2,11(16)17)7-14-10(15)8-5-6-18-9(8)13/h5-6H,3-4,7H2,1-2H3,(H,14,15)(H,16,17). The molecule has 0 aliphatic carbocycles. The lowest BCUT2D eigenvalue weighted by Crippen LogP contribution is -2.42. The second kappa shape index (κ2) is 6.04. The highest BCUT2D eigenvalue weighted by Gasteiger charge is 2.35. The van der Waals surface area contributed by atoms with E-state index in [0.717, 1.165) is 0 Å². The van der Waals surface area contributed by atoms with Crippen molar-refractivity contribution >= 4 is 27.8 Å². The number of carboxylic acid groups (broad SMARTS) is 1. The van der Waals surface area contributed by atoms with Crippen molar-refractivity contribution in [1.82, 2.24) is 5.32 Å². The van der Waals surface area contributed by atoms with Gasteiger partial charge in [0.2, 0.25) is 0 Å². The molecule has 0 fully saturated rings. The Labute approximate surface area is 114 Å². The van der Waals surface area contributed by atoms with Gasteiger partial charge in [0.25, 0.3) is 5.91 Å². The quantitative estimate of drug-likeness (QED) is 0.845. The smallest absolute Gasteiger partial charge is 0.311 e. The first-order chi connectivity index (χ1) is 8.46. The molecule has 0 aliphatic rings. The maximum absolute atomic E-state index is 11.8. The SMILES string of the molecule is CCC(CC)(CNC(=O)c1ccoc1Br)C(=O)O. The summed E-state index contributed by atoms with van der Waals surface area (Å²) >= 11 is 3.11. The van der Waals surface area contributed by atoms with E-state index < -0.39 is 11.4 Å². The van der Waals surface area contributed by atoms with Gasteiger partial charge in [-0.15, -0.1) is 0 Å². The fourth-order valence-electron chi connectivity index (χ4n) is 1.68. The summed E-state index contributed by atoms with van der Waals surface area (Å²) in [5.74, 6) is -1.23. The minimum Gasteiger partial charge on any atom is -0.481 e. The maximum atomic E-state index is 11.8. The third-order valence-corrected chi connectivity index (χ3v) is 3.87. The predicted molar refractivity (Wildman–Crippen MR) is 69.4 cm³/mol. The Kier molecular flexibility index (Phi) is 4.95. The summed E-state index contributed by atoms with van der Waals surface area (Å²) in [5, 5.41) is 11.9. The van der Waals surface area contributed by atoms with E-state index >= 15 is 0 Å². The van der Waals surface area contributed by atoms with E-state index in [0.29, 0.717) is 23.1 Å². The molecule has 0 spiro atoms. The molecule has 0 atom stereocenters. The zero-order chi connectivity index (χ0) is 13.8. The molecule has 0 aliphatic heterocycles. The van der Waals surface area contributed by atoms with Gasteiger partial charge < -0.3 is 14.8 Å². The molecule has 1 aromatic rings. The number of carbonyl (C=O) groups is 2. The van der Waals surface area contributed by atoms with Crippen molar-refractivity contribution in [1.29, 1.82) is 0 Å². The molecule has 0 aromatic carbocycles. The van der Waals surface area contributed by atoms with Gasteiger partial charge in [0, 0.05) is 6.54 Å². The monoisotopic (exact) mass is 317 g/mol. The normalized spacial score (nSPS) is 11.3. The summed E-state index contributed by atoms with van der Waals surface area (Å²) < 4.78 is 5.30. The van der Waals surface area contributed by atoms with Crippen LogP contribution in [-0.4, -0.2) is 23.5 Å². The fraction of sp³-hybridized carbons (Fsp3) is 0.500. The van der Waals surface area contributed by atoms with Crippen LogP contribution in [0.15, 0.2) is 21.4 Å². The van der Waals surface area contributed by atoms with Crippen LogP contribution in [0.1, 0.15) is 37.0 Å². The van der Waals surface area contributed by atoms with Gasteiger partial charge in [-0.05, 0) is 34.8 Å². The highest BCUT2D eigenvalue weighted by molar-refractivity contribution is 9.10. The van der Waals surface area contributed by atoms with Crippen LogP contribution in [-0.2, 0) is 4.79 Å². The lowest BCUT2D eigenvalue weighted by Gasteiger charge is -2.26. The molecule has 1 aromatic heterocycles. The van der Waals surface area contributed by atoms with Crippen molar-refractivity contribution in [2.45, 2.75) is 26.7 Å². The van der Waals surface area contributed by atoms with Gasteiger partial charge in [0.1, 0.15) is 0 Å². The third kappa shape index (κ3) is 2.93. The zero-order valence-corrected chi connectivity index (χ0v) is 11.9. The van der Waals surface area contributed by atoms with E-state index in [1.54, 1.807) is 13.8 Å². The number of rotatable bonds is 6. The number of hydrogen-bond donors (Lipinski definition) is 2. The Morgan fingerprint density at radius 1 is 1.44 bits per heavy atom. The van der Waals surface area contributed by atoms with Crippen LogP contribution in [0.2, 0.25) is 0 Å². The molecule has 0 unspecified atom stereocenters. The average molecular weight is 318 g/mol. The maximum Gasteiger partial charge on any atom is 0.311 e. The summed E-state index contributed by atoms with van der Waals surface area (Å²) in [6.45, 7) is 3.71. The second-order valence-electron chi connectivity index (χ2n) is 4.08. The number of amides is 1. The van der Waals surface area contributed by atoms with Gasteiger partial charge in [0.15, 0.2) is 4.67 Å². The molecule has 1 rings (SSSR count). The third-order valence-electron chi connectivity index (χ3n) is 3.26. The molecule has 1 heterocycles. The van der Waals surface area contributed by atoms with E-state index in [1.165, 1.54) is 12.3 Å². The molecule has 18 heavy (non-hydrogen) atoms.